The maximum absolute atomic E-state index is 11.6. The Hall–Kier alpha value is -1.71. The van der Waals surface area contributed by atoms with E-state index in [1.54, 1.807) is 7.11 Å². The molecule has 0 unspecified atom stereocenters. The number of rotatable bonds is 7. The average molecular weight is 264 g/mol. The van der Waals surface area contributed by atoms with Gasteiger partial charge in [0.1, 0.15) is 5.75 Å². The van der Waals surface area contributed by atoms with Crippen LogP contribution < -0.4 is 15.0 Å². The van der Waals surface area contributed by atoms with Crippen molar-refractivity contribution in [2.45, 2.75) is 33.6 Å². The van der Waals surface area contributed by atoms with Crippen LogP contribution in [-0.2, 0) is 4.79 Å². The van der Waals surface area contributed by atoms with Crippen LogP contribution in [0.2, 0.25) is 0 Å². The number of nitrogens with one attached hydrogen (secondary N) is 1. The number of hydrogen-bond acceptors (Lipinski definition) is 3. The summed E-state index contributed by atoms with van der Waals surface area (Å²) in [6.45, 7) is 8.00. The molecule has 0 aliphatic heterocycles. The standard InChI is InChI=1S/C15H24N2O2/c1-5-8-15(18)16-12-9-10-14(19-4)13(11-12)17(6-2)7-3/h9-11H,5-8H2,1-4H3,(H,16,18). The van der Waals surface area contributed by atoms with E-state index in [0.29, 0.717) is 6.42 Å². The molecule has 0 aromatic heterocycles. The molecule has 1 aromatic carbocycles. The van der Waals surface area contributed by atoms with Crippen LogP contribution in [0.5, 0.6) is 5.75 Å². The third-order valence-corrected chi connectivity index (χ3v) is 3.04. The molecule has 0 radical (unpaired) electrons. The first-order chi connectivity index (χ1) is 9.15. The summed E-state index contributed by atoms with van der Waals surface area (Å²) in [5.41, 5.74) is 1.84. The Morgan fingerprint density at radius 1 is 1.26 bits per heavy atom. The summed E-state index contributed by atoms with van der Waals surface area (Å²) < 4.78 is 5.38. The first-order valence-electron chi connectivity index (χ1n) is 6.89. The monoisotopic (exact) mass is 264 g/mol. The van der Waals surface area contributed by atoms with Crippen molar-refractivity contribution in [3.63, 3.8) is 0 Å². The molecule has 0 fully saturated rings. The Balaban J connectivity index is 2.97. The third kappa shape index (κ3) is 4.16. The van der Waals surface area contributed by atoms with Gasteiger partial charge in [0, 0.05) is 25.2 Å². The van der Waals surface area contributed by atoms with E-state index in [2.05, 4.69) is 24.1 Å². The Morgan fingerprint density at radius 2 is 1.95 bits per heavy atom. The van der Waals surface area contributed by atoms with Gasteiger partial charge in [-0.05, 0) is 38.5 Å². The highest BCUT2D eigenvalue weighted by Crippen LogP contribution is 2.31. The molecule has 4 heteroatoms. The van der Waals surface area contributed by atoms with Crippen LogP contribution in [0.15, 0.2) is 18.2 Å². The molecule has 1 rings (SSSR count). The molecule has 1 N–H and O–H groups in total. The molecular weight excluding hydrogens is 240 g/mol. The Labute approximate surface area is 115 Å². The molecule has 19 heavy (non-hydrogen) atoms. The first-order valence-corrected chi connectivity index (χ1v) is 6.89. The second kappa shape index (κ2) is 7.67. The molecular formula is C15H24N2O2. The van der Waals surface area contributed by atoms with Crippen molar-refractivity contribution in [3.05, 3.63) is 18.2 Å². The van der Waals surface area contributed by atoms with Gasteiger partial charge >= 0.3 is 0 Å². The fraction of sp³-hybridized carbons (Fsp3) is 0.533. The number of hydrogen-bond donors (Lipinski definition) is 1. The number of carbonyl (C=O) groups excluding carboxylic acids is 1. The predicted octanol–water partition coefficient (Wildman–Crippen LogP) is 3.28. The zero-order valence-corrected chi connectivity index (χ0v) is 12.3. The fourth-order valence-corrected chi connectivity index (χ4v) is 2.03. The van der Waals surface area contributed by atoms with Gasteiger partial charge in [-0.15, -0.1) is 0 Å². The van der Waals surface area contributed by atoms with Gasteiger partial charge in [-0.1, -0.05) is 6.92 Å². The van der Waals surface area contributed by atoms with Crippen molar-refractivity contribution < 1.29 is 9.53 Å². The molecule has 4 nitrogen and oxygen atoms in total. The molecule has 0 aliphatic carbocycles. The summed E-state index contributed by atoms with van der Waals surface area (Å²) >= 11 is 0. The largest absolute Gasteiger partial charge is 0.495 e. The minimum Gasteiger partial charge on any atom is -0.495 e. The minimum absolute atomic E-state index is 0.0539. The quantitative estimate of drug-likeness (QED) is 0.821. The average Bonchev–Trinajstić information content (AvgIpc) is 2.41. The summed E-state index contributed by atoms with van der Waals surface area (Å²) in [4.78, 5) is 13.8. The second-order valence-electron chi connectivity index (χ2n) is 4.36. The van der Waals surface area contributed by atoms with E-state index < -0.39 is 0 Å². The van der Waals surface area contributed by atoms with Gasteiger partial charge < -0.3 is 15.0 Å². The van der Waals surface area contributed by atoms with Crippen molar-refractivity contribution in [2.75, 3.05) is 30.4 Å². The van der Waals surface area contributed by atoms with E-state index >= 15 is 0 Å². The van der Waals surface area contributed by atoms with E-state index in [9.17, 15) is 4.79 Å². The molecule has 0 heterocycles. The number of ether oxygens (including phenoxy) is 1. The number of methoxy groups -OCH3 is 1. The van der Waals surface area contributed by atoms with Crippen LogP contribution in [-0.4, -0.2) is 26.1 Å². The van der Waals surface area contributed by atoms with Crippen LogP contribution >= 0.6 is 0 Å². The van der Waals surface area contributed by atoms with Crippen molar-refractivity contribution in [1.29, 1.82) is 0 Å². The second-order valence-corrected chi connectivity index (χ2v) is 4.36. The lowest BCUT2D eigenvalue weighted by Gasteiger charge is -2.24. The van der Waals surface area contributed by atoms with Crippen LogP contribution in [0.4, 0.5) is 11.4 Å². The van der Waals surface area contributed by atoms with Crippen molar-refractivity contribution >= 4 is 17.3 Å². The van der Waals surface area contributed by atoms with Gasteiger partial charge in [0.15, 0.2) is 0 Å². The topological polar surface area (TPSA) is 41.6 Å². The molecule has 0 bridgehead atoms. The van der Waals surface area contributed by atoms with E-state index in [1.165, 1.54) is 0 Å². The van der Waals surface area contributed by atoms with Crippen LogP contribution in [0.1, 0.15) is 33.6 Å². The van der Waals surface area contributed by atoms with Gasteiger partial charge in [-0.2, -0.15) is 0 Å². The molecule has 106 valence electrons. The Kier molecular flexibility index (Phi) is 6.19. The molecule has 0 aliphatic rings. The number of anilines is 2. The van der Waals surface area contributed by atoms with Crippen LogP contribution in [0.3, 0.4) is 0 Å². The lowest BCUT2D eigenvalue weighted by molar-refractivity contribution is -0.116. The van der Waals surface area contributed by atoms with Gasteiger partial charge in [0.05, 0.1) is 12.8 Å². The number of carbonyl (C=O) groups is 1. The smallest absolute Gasteiger partial charge is 0.224 e. The summed E-state index contributed by atoms with van der Waals surface area (Å²) in [6.07, 6.45) is 1.40. The summed E-state index contributed by atoms with van der Waals surface area (Å²) in [7, 11) is 1.66. The molecule has 0 spiro atoms. The Bertz CT molecular complexity index is 415. The highest BCUT2D eigenvalue weighted by Gasteiger charge is 2.11. The number of nitrogens with zero attached hydrogens (tertiary/aromatic N) is 1. The minimum atomic E-state index is 0.0539. The molecule has 0 saturated heterocycles. The van der Waals surface area contributed by atoms with Gasteiger partial charge in [0.25, 0.3) is 0 Å². The highest BCUT2D eigenvalue weighted by molar-refractivity contribution is 5.91. The number of benzene rings is 1. The van der Waals surface area contributed by atoms with Gasteiger partial charge in [-0.3, -0.25) is 4.79 Å². The van der Waals surface area contributed by atoms with E-state index in [4.69, 9.17) is 4.74 Å². The van der Waals surface area contributed by atoms with Gasteiger partial charge in [-0.25, -0.2) is 0 Å². The van der Waals surface area contributed by atoms with Crippen LogP contribution in [0, 0.1) is 0 Å². The molecule has 0 atom stereocenters. The van der Waals surface area contributed by atoms with Gasteiger partial charge in [0.2, 0.25) is 5.91 Å². The Morgan fingerprint density at radius 3 is 2.47 bits per heavy atom. The molecule has 1 amide bonds. The number of amides is 1. The van der Waals surface area contributed by atoms with Crippen LogP contribution in [0.25, 0.3) is 0 Å². The maximum atomic E-state index is 11.6. The SMILES string of the molecule is CCCC(=O)Nc1ccc(OC)c(N(CC)CC)c1. The lowest BCUT2D eigenvalue weighted by Crippen LogP contribution is -2.22. The van der Waals surface area contributed by atoms with E-state index in [1.807, 2.05) is 25.1 Å². The predicted molar refractivity (Wildman–Crippen MR) is 80.1 cm³/mol. The maximum Gasteiger partial charge on any atom is 0.224 e. The van der Waals surface area contributed by atoms with E-state index in [-0.39, 0.29) is 5.91 Å². The summed E-state index contributed by atoms with van der Waals surface area (Å²) in [6, 6.07) is 5.74. The normalized spacial score (nSPS) is 10.1. The van der Waals surface area contributed by atoms with E-state index in [0.717, 1.165) is 36.6 Å². The summed E-state index contributed by atoms with van der Waals surface area (Å²) in [5, 5.41) is 2.92. The molecule has 0 saturated carbocycles. The molecule has 1 aromatic rings. The highest BCUT2D eigenvalue weighted by atomic mass is 16.5. The van der Waals surface area contributed by atoms with Crippen molar-refractivity contribution in [1.82, 2.24) is 0 Å². The first kappa shape index (κ1) is 15.3. The van der Waals surface area contributed by atoms with Crippen molar-refractivity contribution in [3.8, 4) is 5.75 Å². The fourth-order valence-electron chi connectivity index (χ4n) is 2.03. The third-order valence-electron chi connectivity index (χ3n) is 3.04. The summed E-state index contributed by atoms with van der Waals surface area (Å²) in [5.74, 6) is 0.885. The zero-order valence-electron chi connectivity index (χ0n) is 12.3. The lowest BCUT2D eigenvalue weighted by atomic mass is 10.2. The zero-order chi connectivity index (χ0) is 14.3. The van der Waals surface area contributed by atoms with Crippen molar-refractivity contribution in [2.24, 2.45) is 0 Å².